The highest BCUT2D eigenvalue weighted by molar-refractivity contribution is 6.30. The van der Waals surface area contributed by atoms with Gasteiger partial charge in [0.25, 0.3) is 0 Å². The van der Waals surface area contributed by atoms with Gasteiger partial charge in [-0.1, -0.05) is 75.6 Å². The molecular weight excluding hydrogens is 254 g/mol. The average Bonchev–Trinajstić information content (AvgIpc) is 2.38. The van der Waals surface area contributed by atoms with Crippen LogP contribution in [0.1, 0.15) is 70.8 Å². The molecule has 108 valence electrons. The van der Waals surface area contributed by atoms with E-state index in [2.05, 4.69) is 19.9 Å². The van der Waals surface area contributed by atoms with Crippen LogP contribution in [0, 0.1) is 0 Å². The summed E-state index contributed by atoms with van der Waals surface area (Å²) in [4.78, 5) is 0. The lowest BCUT2D eigenvalue weighted by atomic mass is 9.87. The van der Waals surface area contributed by atoms with E-state index in [1.807, 2.05) is 18.2 Å². The van der Waals surface area contributed by atoms with Gasteiger partial charge in [0.15, 0.2) is 0 Å². The zero-order valence-corrected chi connectivity index (χ0v) is 13.2. The Labute approximate surface area is 123 Å². The highest BCUT2D eigenvalue weighted by Gasteiger charge is 2.20. The van der Waals surface area contributed by atoms with Crippen molar-refractivity contribution in [2.45, 2.75) is 70.8 Å². The Hall–Kier alpha value is -0.530. The van der Waals surface area contributed by atoms with Crippen molar-refractivity contribution in [1.29, 1.82) is 0 Å². The lowest BCUT2D eigenvalue weighted by Gasteiger charge is -2.25. The first-order valence-electron chi connectivity index (χ1n) is 7.61. The standard InChI is InChI=1S/C17H28ClN/c1-3-4-5-6-7-8-9-13-17(2,19)15-11-10-12-16(18)14-15/h10-12,14H,3-9,13,19H2,1-2H3. The van der Waals surface area contributed by atoms with E-state index < -0.39 is 0 Å². The van der Waals surface area contributed by atoms with Gasteiger partial charge >= 0.3 is 0 Å². The van der Waals surface area contributed by atoms with E-state index in [9.17, 15) is 0 Å². The van der Waals surface area contributed by atoms with Crippen molar-refractivity contribution in [2.24, 2.45) is 5.73 Å². The molecule has 0 aliphatic carbocycles. The van der Waals surface area contributed by atoms with E-state index in [4.69, 9.17) is 17.3 Å². The summed E-state index contributed by atoms with van der Waals surface area (Å²) in [6, 6.07) is 7.94. The molecule has 0 aliphatic rings. The third-order valence-corrected chi connectivity index (χ3v) is 4.02. The zero-order chi connectivity index (χ0) is 14.1. The maximum Gasteiger partial charge on any atom is 0.0409 e. The molecule has 0 spiro atoms. The van der Waals surface area contributed by atoms with Crippen LogP contribution < -0.4 is 5.73 Å². The fourth-order valence-electron chi connectivity index (χ4n) is 2.44. The summed E-state index contributed by atoms with van der Waals surface area (Å²) >= 11 is 6.03. The maximum absolute atomic E-state index is 6.41. The Bertz CT molecular complexity index is 360. The Morgan fingerprint density at radius 2 is 1.68 bits per heavy atom. The van der Waals surface area contributed by atoms with E-state index in [0.29, 0.717) is 0 Å². The summed E-state index contributed by atoms with van der Waals surface area (Å²) in [5, 5.41) is 0.772. The fourth-order valence-corrected chi connectivity index (χ4v) is 2.63. The van der Waals surface area contributed by atoms with Gasteiger partial charge < -0.3 is 5.73 Å². The number of rotatable bonds is 9. The molecule has 0 bridgehead atoms. The number of unbranched alkanes of at least 4 members (excludes halogenated alkanes) is 6. The Balaban J connectivity index is 2.27. The van der Waals surface area contributed by atoms with Crippen LogP contribution in [-0.4, -0.2) is 0 Å². The highest BCUT2D eigenvalue weighted by Crippen LogP contribution is 2.26. The van der Waals surface area contributed by atoms with Gasteiger partial charge in [0.1, 0.15) is 0 Å². The number of nitrogens with two attached hydrogens (primary N) is 1. The van der Waals surface area contributed by atoms with Gasteiger partial charge in [-0.2, -0.15) is 0 Å². The summed E-state index contributed by atoms with van der Waals surface area (Å²) in [7, 11) is 0. The monoisotopic (exact) mass is 281 g/mol. The normalized spacial score (nSPS) is 14.3. The van der Waals surface area contributed by atoms with Gasteiger partial charge in [-0.05, 0) is 31.0 Å². The summed E-state index contributed by atoms with van der Waals surface area (Å²) in [6.45, 7) is 4.36. The van der Waals surface area contributed by atoms with Crippen LogP contribution in [0.2, 0.25) is 5.02 Å². The minimum absolute atomic E-state index is 0.256. The molecule has 0 amide bonds. The predicted octanol–water partition coefficient (Wildman–Crippen LogP) is 5.65. The molecule has 0 saturated heterocycles. The molecule has 1 atom stereocenters. The van der Waals surface area contributed by atoms with Crippen molar-refractivity contribution in [3.63, 3.8) is 0 Å². The molecule has 2 N–H and O–H groups in total. The van der Waals surface area contributed by atoms with Crippen molar-refractivity contribution < 1.29 is 0 Å². The van der Waals surface area contributed by atoms with Crippen LogP contribution in [0.5, 0.6) is 0 Å². The molecule has 0 heterocycles. The smallest absolute Gasteiger partial charge is 0.0409 e. The molecule has 1 unspecified atom stereocenters. The third-order valence-electron chi connectivity index (χ3n) is 3.78. The lowest BCUT2D eigenvalue weighted by Crippen LogP contribution is -2.32. The number of halogens is 1. The van der Waals surface area contributed by atoms with E-state index in [1.54, 1.807) is 0 Å². The molecule has 1 rings (SSSR count). The molecule has 0 fully saturated rings. The van der Waals surface area contributed by atoms with Gasteiger partial charge in [-0.15, -0.1) is 0 Å². The van der Waals surface area contributed by atoms with Crippen molar-refractivity contribution >= 4 is 11.6 Å². The van der Waals surface area contributed by atoms with Crippen molar-refractivity contribution in [3.8, 4) is 0 Å². The lowest BCUT2D eigenvalue weighted by molar-refractivity contribution is 0.421. The van der Waals surface area contributed by atoms with Crippen LogP contribution in [-0.2, 0) is 5.54 Å². The Kier molecular flexibility index (Phi) is 7.48. The molecule has 19 heavy (non-hydrogen) atoms. The third kappa shape index (κ3) is 6.44. The van der Waals surface area contributed by atoms with Crippen LogP contribution in [0.15, 0.2) is 24.3 Å². The molecule has 1 aromatic carbocycles. The summed E-state index contributed by atoms with van der Waals surface area (Å²) in [5.41, 5.74) is 7.30. The SMILES string of the molecule is CCCCCCCCCC(C)(N)c1cccc(Cl)c1. The maximum atomic E-state index is 6.41. The Morgan fingerprint density at radius 3 is 2.32 bits per heavy atom. The second kappa shape index (κ2) is 8.60. The minimum Gasteiger partial charge on any atom is -0.322 e. The number of hydrogen-bond donors (Lipinski definition) is 1. The van der Waals surface area contributed by atoms with E-state index in [0.717, 1.165) is 17.0 Å². The van der Waals surface area contributed by atoms with Crippen LogP contribution in [0.4, 0.5) is 0 Å². The number of benzene rings is 1. The highest BCUT2D eigenvalue weighted by atomic mass is 35.5. The second-order valence-corrected chi connectivity index (χ2v) is 6.24. The average molecular weight is 282 g/mol. The molecule has 1 nitrogen and oxygen atoms in total. The minimum atomic E-state index is -0.256. The summed E-state index contributed by atoms with van der Waals surface area (Å²) in [5.74, 6) is 0. The predicted molar refractivity (Wildman–Crippen MR) is 85.6 cm³/mol. The topological polar surface area (TPSA) is 26.0 Å². The van der Waals surface area contributed by atoms with Crippen LogP contribution in [0.3, 0.4) is 0 Å². The quantitative estimate of drug-likeness (QED) is 0.581. The fraction of sp³-hybridized carbons (Fsp3) is 0.647. The summed E-state index contributed by atoms with van der Waals surface area (Å²) in [6.07, 6.45) is 10.3. The summed E-state index contributed by atoms with van der Waals surface area (Å²) < 4.78 is 0. The van der Waals surface area contributed by atoms with Crippen LogP contribution >= 0.6 is 11.6 Å². The van der Waals surface area contributed by atoms with Crippen molar-refractivity contribution in [3.05, 3.63) is 34.9 Å². The van der Waals surface area contributed by atoms with E-state index >= 15 is 0 Å². The van der Waals surface area contributed by atoms with Gasteiger partial charge in [0.2, 0.25) is 0 Å². The molecule has 2 heteroatoms. The largest absolute Gasteiger partial charge is 0.322 e. The van der Waals surface area contributed by atoms with Gasteiger partial charge in [0.05, 0.1) is 0 Å². The van der Waals surface area contributed by atoms with E-state index in [-0.39, 0.29) is 5.54 Å². The molecule has 0 aromatic heterocycles. The number of hydrogen-bond acceptors (Lipinski definition) is 1. The Morgan fingerprint density at radius 1 is 1.05 bits per heavy atom. The van der Waals surface area contributed by atoms with E-state index in [1.165, 1.54) is 44.9 Å². The van der Waals surface area contributed by atoms with Crippen molar-refractivity contribution in [2.75, 3.05) is 0 Å². The van der Waals surface area contributed by atoms with Gasteiger partial charge in [-0.25, -0.2) is 0 Å². The van der Waals surface area contributed by atoms with Gasteiger partial charge in [0, 0.05) is 10.6 Å². The first-order valence-corrected chi connectivity index (χ1v) is 7.99. The first kappa shape index (κ1) is 16.5. The van der Waals surface area contributed by atoms with Gasteiger partial charge in [-0.3, -0.25) is 0 Å². The zero-order valence-electron chi connectivity index (χ0n) is 12.4. The molecule has 0 radical (unpaired) electrons. The molecule has 1 aromatic rings. The van der Waals surface area contributed by atoms with Crippen molar-refractivity contribution in [1.82, 2.24) is 0 Å². The molecule has 0 aliphatic heterocycles. The first-order chi connectivity index (χ1) is 9.06. The second-order valence-electron chi connectivity index (χ2n) is 5.80. The molecule has 0 saturated carbocycles. The molecular formula is C17H28ClN. The van der Waals surface area contributed by atoms with Crippen LogP contribution in [0.25, 0.3) is 0 Å².